The average molecular weight is 894 g/mol. The number of rotatable bonds is 9. The van der Waals surface area contributed by atoms with E-state index in [1.165, 1.54) is 76.3 Å². The van der Waals surface area contributed by atoms with Crippen molar-refractivity contribution >= 4 is 44.7 Å². The monoisotopic (exact) mass is 893 g/mol. The molecule has 7 aromatic carbocycles. The third kappa shape index (κ3) is 6.45. The largest absolute Gasteiger partial charge is 0.457 e. The van der Waals surface area contributed by atoms with Gasteiger partial charge in [0.1, 0.15) is 24.0 Å². The summed E-state index contributed by atoms with van der Waals surface area (Å²) in [6, 6.07) is 72.2. The number of fused-ring (bicyclic) bond motifs is 4. The maximum atomic E-state index is 6.89. The fraction of sp³-hybridized carbons (Fsp3) is 0.175. The van der Waals surface area contributed by atoms with E-state index in [2.05, 4.69) is 209 Å². The van der Waals surface area contributed by atoms with Crippen LogP contribution in [0.2, 0.25) is 0 Å². The van der Waals surface area contributed by atoms with Gasteiger partial charge < -0.3 is 14.5 Å². The number of hydrogen-bond acceptors (Lipinski definition) is 5. The van der Waals surface area contributed by atoms with Crippen LogP contribution in [0.1, 0.15) is 43.2 Å². The maximum Gasteiger partial charge on any atom is 0.158 e. The first kappa shape index (κ1) is 40.1. The van der Waals surface area contributed by atoms with Gasteiger partial charge in [-0.25, -0.2) is 9.97 Å². The summed E-state index contributed by atoms with van der Waals surface area (Å²) in [7, 11) is 0. The normalized spacial score (nSPS) is 21.3. The Balaban J connectivity index is 0.834. The lowest BCUT2D eigenvalue weighted by Gasteiger charge is -2.62. The predicted octanol–water partition coefficient (Wildman–Crippen LogP) is 15.7. The molecule has 6 heteroatoms. The highest BCUT2D eigenvalue weighted by molar-refractivity contribution is 6.09. The van der Waals surface area contributed by atoms with Crippen molar-refractivity contribution in [3.8, 4) is 39.6 Å². The van der Waals surface area contributed by atoms with Crippen LogP contribution in [0.3, 0.4) is 0 Å². The van der Waals surface area contributed by atoms with Crippen molar-refractivity contribution in [1.82, 2.24) is 14.5 Å². The minimum atomic E-state index is -0.0116. The first-order valence-corrected chi connectivity index (χ1v) is 24.7. The minimum Gasteiger partial charge on any atom is -0.457 e. The highest BCUT2D eigenvalue weighted by atomic mass is 16.5. The summed E-state index contributed by atoms with van der Waals surface area (Å²) in [5.74, 6) is 6.41. The van der Waals surface area contributed by atoms with Gasteiger partial charge in [0.25, 0.3) is 0 Å². The number of benzene rings is 7. The number of pyridine rings is 2. The highest BCUT2D eigenvalue weighted by Gasteiger charge is 2.58. The van der Waals surface area contributed by atoms with Crippen molar-refractivity contribution in [3.63, 3.8) is 0 Å². The third-order valence-electron chi connectivity index (χ3n) is 16.2. The number of hydrogen-bond donors (Lipinski definition) is 0. The molecule has 0 unspecified atom stereocenters. The Morgan fingerprint density at radius 2 is 1.12 bits per heavy atom. The predicted molar refractivity (Wildman–Crippen MR) is 280 cm³/mol. The molecule has 334 valence electrons. The van der Waals surface area contributed by atoms with Gasteiger partial charge >= 0.3 is 0 Å². The molecule has 3 aromatic heterocycles. The molecule has 15 rings (SSSR count). The van der Waals surface area contributed by atoms with Crippen molar-refractivity contribution in [2.45, 2.75) is 37.5 Å². The number of aromatic nitrogens is 3. The molecule has 0 atom stereocenters. The Bertz CT molecular complexity index is 3460. The SMILES string of the molecule is c1ccc(-c2cccc(-c3ccccc3)c2N2CN(c3cccc(Oc4ccc5c6ccccc6n(-c6cc(C7(c8ccccc8)C8CC9CC(C8)CC7C9)ccn6)c5c4)c3)c3ncccc32)cc1. The van der Waals surface area contributed by atoms with Crippen molar-refractivity contribution in [2.75, 3.05) is 16.5 Å². The fourth-order valence-corrected chi connectivity index (χ4v) is 13.7. The standard InChI is InChI=1S/C63H51N5O/c1-4-15-44(16-5-1)53-24-13-25-54(45-17-6-2-7-18-45)61(53)67-41-66(62-58(67)27-14-31-65-62)50-21-12-22-51(39-50)69-52-28-29-56-55-23-10-11-26-57(55)68(59(56)40-52)60-38-47(30-32-64-60)63(46-19-8-3-9-20-46)48-34-42-33-43(36-48)37-49(63)35-42/h1-32,38-40,42-43,48-49H,33-37,41H2. The van der Waals surface area contributed by atoms with Crippen LogP contribution in [-0.4, -0.2) is 21.2 Å². The summed E-state index contributed by atoms with van der Waals surface area (Å²) in [5, 5.41) is 2.38. The highest BCUT2D eigenvalue weighted by Crippen LogP contribution is 2.65. The van der Waals surface area contributed by atoms with Crippen LogP contribution >= 0.6 is 0 Å². The lowest BCUT2D eigenvalue weighted by atomic mass is 9.42. The molecule has 4 heterocycles. The molecular formula is C63H51N5O. The Morgan fingerprint density at radius 3 is 1.86 bits per heavy atom. The smallest absolute Gasteiger partial charge is 0.158 e. The van der Waals surface area contributed by atoms with Crippen LogP contribution in [0.25, 0.3) is 49.9 Å². The second-order valence-electron chi connectivity index (χ2n) is 19.9. The molecule has 0 saturated heterocycles. The molecule has 0 radical (unpaired) electrons. The van der Waals surface area contributed by atoms with E-state index in [1.54, 1.807) is 0 Å². The zero-order chi connectivity index (χ0) is 45.5. The number of ether oxygens (including phenoxy) is 1. The van der Waals surface area contributed by atoms with E-state index >= 15 is 0 Å². The second kappa shape index (κ2) is 16.1. The lowest BCUT2D eigenvalue weighted by molar-refractivity contribution is -0.0418. The molecule has 5 aliphatic rings. The van der Waals surface area contributed by atoms with E-state index in [0.29, 0.717) is 18.5 Å². The molecule has 0 amide bonds. The number of nitrogens with zero attached hydrogens (tertiary/aromatic N) is 5. The maximum absolute atomic E-state index is 6.89. The zero-order valence-corrected chi connectivity index (χ0v) is 38.4. The van der Waals surface area contributed by atoms with Crippen LogP contribution in [0, 0.1) is 23.7 Å². The summed E-state index contributed by atoms with van der Waals surface area (Å²) >= 11 is 0. The summed E-state index contributed by atoms with van der Waals surface area (Å²) in [5.41, 5.74) is 13.0. The van der Waals surface area contributed by atoms with Gasteiger partial charge in [0.05, 0.1) is 22.4 Å². The van der Waals surface area contributed by atoms with Gasteiger partial charge in [-0.15, -0.1) is 0 Å². The van der Waals surface area contributed by atoms with E-state index in [1.807, 2.05) is 18.3 Å². The first-order chi connectivity index (χ1) is 34.2. The van der Waals surface area contributed by atoms with E-state index in [4.69, 9.17) is 14.7 Å². The molecule has 6 nitrogen and oxygen atoms in total. The average Bonchev–Trinajstić information content (AvgIpc) is 3.95. The van der Waals surface area contributed by atoms with Crippen LogP contribution in [0.4, 0.5) is 22.9 Å². The van der Waals surface area contributed by atoms with Gasteiger partial charge in [-0.1, -0.05) is 133 Å². The summed E-state index contributed by atoms with van der Waals surface area (Å²) in [6.07, 6.45) is 10.7. The van der Waals surface area contributed by atoms with Crippen molar-refractivity contribution < 1.29 is 4.74 Å². The fourth-order valence-electron chi connectivity index (χ4n) is 13.7. The van der Waals surface area contributed by atoms with Gasteiger partial charge in [-0.05, 0) is 133 Å². The van der Waals surface area contributed by atoms with E-state index in [0.717, 1.165) is 63.1 Å². The summed E-state index contributed by atoms with van der Waals surface area (Å²) in [4.78, 5) is 14.9. The van der Waals surface area contributed by atoms with Crippen molar-refractivity contribution in [2.24, 2.45) is 23.7 Å². The quantitative estimate of drug-likeness (QED) is 0.144. The zero-order valence-electron chi connectivity index (χ0n) is 38.4. The molecule has 10 aromatic rings. The van der Waals surface area contributed by atoms with E-state index in [-0.39, 0.29) is 5.41 Å². The molecule has 0 spiro atoms. The molecule has 4 saturated carbocycles. The molecule has 4 bridgehead atoms. The number of anilines is 4. The molecule has 69 heavy (non-hydrogen) atoms. The van der Waals surface area contributed by atoms with Gasteiger partial charge in [-0.2, -0.15) is 0 Å². The van der Waals surface area contributed by atoms with Gasteiger partial charge in [0.2, 0.25) is 0 Å². The second-order valence-corrected chi connectivity index (χ2v) is 19.9. The lowest BCUT2D eigenvalue weighted by Crippen LogP contribution is -2.56. The third-order valence-corrected chi connectivity index (χ3v) is 16.2. The Morgan fingerprint density at radius 1 is 0.464 bits per heavy atom. The number of para-hydroxylation sites is 2. The van der Waals surface area contributed by atoms with Crippen molar-refractivity contribution in [1.29, 1.82) is 0 Å². The van der Waals surface area contributed by atoms with E-state index < -0.39 is 0 Å². The Labute approximate surface area is 403 Å². The Hall–Kier alpha value is -7.96. The minimum absolute atomic E-state index is 0.0116. The van der Waals surface area contributed by atoms with Gasteiger partial charge in [0, 0.05) is 57.5 Å². The summed E-state index contributed by atoms with van der Waals surface area (Å²) in [6.45, 7) is 0.575. The first-order valence-electron chi connectivity index (χ1n) is 24.7. The van der Waals surface area contributed by atoms with Crippen LogP contribution in [0.15, 0.2) is 213 Å². The van der Waals surface area contributed by atoms with Gasteiger partial charge in [0.15, 0.2) is 5.82 Å². The molecular weight excluding hydrogens is 843 g/mol. The van der Waals surface area contributed by atoms with Crippen LogP contribution < -0.4 is 14.5 Å². The topological polar surface area (TPSA) is 46.4 Å². The Kier molecular flexibility index (Phi) is 9.36. The molecule has 0 N–H and O–H groups in total. The van der Waals surface area contributed by atoms with Crippen LogP contribution in [-0.2, 0) is 5.41 Å². The molecule has 4 aliphatic carbocycles. The molecule has 4 fully saturated rings. The van der Waals surface area contributed by atoms with Crippen molar-refractivity contribution in [3.05, 3.63) is 224 Å². The van der Waals surface area contributed by atoms with E-state index in [9.17, 15) is 0 Å². The molecule has 1 aliphatic heterocycles. The van der Waals surface area contributed by atoms with Gasteiger partial charge in [-0.3, -0.25) is 4.57 Å². The summed E-state index contributed by atoms with van der Waals surface area (Å²) < 4.78 is 9.26. The van der Waals surface area contributed by atoms with Crippen LogP contribution in [0.5, 0.6) is 11.5 Å².